The van der Waals surface area contributed by atoms with Crippen LogP contribution >= 0.6 is 11.8 Å². The van der Waals surface area contributed by atoms with Crippen molar-refractivity contribution in [1.29, 1.82) is 5.26 Å². The molecule has 0 radical (unpaired) electrons. The number of aromatic nitrogens is 2. The van der Waals surface area contributed by atoms with Gasteiger partial charge in [-0.15, -0.1) is 0 Å². The summed E-state index contributed by atoms with van der Waals surface area (Å²) in [5.74, 6) is 0. The molecule has 0 aliphatic heterocycles. The van der Waals surface area contributed by atoms with Gasteiger partial charge >= 0.3 is 0 Å². The van der Waals surface area contributed by atoms with Crippen LogP contribution in [0, 0.1) is 11.3 Å². The van der Waals surface area contributed by atoms with Crippen LogP contribution in [-0.2, 0) is 0 Å². The summed E-state index contributed by atoms with van der Waals surface area (Å²) < 4.78 is 0. The molecule has 0 atom stereocenters. The van der Waals surface area contributed by atoms with E-state index in [4.69, 9.17) is 11.0 Å². The Kier molecular flexibility index (Phi) is 3.03. The maximum atomic E-state index is 8.58. The summed E-state index contributed by atoms with van der Waals surface area (Å²) in [7, 11) is 0. The van der Waals surface area contributed by atoms with E-state index in [0.717, 1.165) is 9.92 Å². The third-order valence-electron chi connectivity index (χ3n) is 1.88. The first-order chi connectivity index (χ1) is 7.79. The zero-order valence-electron chi connectivity index (χ0n) is 8.29. The van der Waals surface area contributed by atoms with Gasteiger partial charge in [-0.25, -0.2) is 9.97 Å². The maximum Gasteiger partial charge on any atom is 0.158 e. The van der Waals surface area contributed by atoms with E-state index >= 15 is 0 Å². The Hall–Kier alpha value is -2.06. The Morgan fingerprint density at radius 2 is 2.00 bits per heavy atom. The molecule has 5 heteroatoms. The molecule has 1 aromatic heterocycles. The maximum absolute atomic E-state index is 8.58. The van der Waals surface area contributed by atoms with Gasteiger partial charge in [0.2, 0.25) is 0 Å². The summed E-state index contributed by atoms with van der Waals surface area (Å²) in [5, 5.41) is 9.30. The summed E-state index contributed by atoms with van der Waals surface area (Å²) in [4.78, 5) is 8.98. The number of anilines is 1. The summed E-state index contributed by atoms with van der Waals surface area (Å²) in [6, 6.07) is 9.46. The minimum absolute atomic E-state index is 0.311. The van der Waals surface area contributed by atoms with Crippen molar-refractivity contribution >= 4 is 17.4 Å². The smallest absolute Gasteiger partial charge is 0.158 e. The highest BCUT2D eigenvalue weighted by atomic mass is 32.2. The van der Waals surface area contributed by atoms with Gasteiger partial charge in [-0.1, -0.05) is 23.9 Å². The van der Waals surface area contributed by atoms with Gasteiger partial charge < -0.3 is 5.73 Å². The van der Waals surface area contributed by atoms with Crippen LogP contribution in [0.5, 0.6) is 0 Å². The minimum atomic E-state index is 0.311. The first kappa shape index (κ1) is 10.5. The monoisotopic (exact) mass is 228 g/mol. The van der Waals surface area contributed by atoms with Crippen LogP contribution in [0.15, 0.2) is 46.6 Å². The molecule has 4 nitrogen and oxygen atoms in total. The minimum Gasteiger partial charge on any atom is -0.398 e. The first-order valence-corrected chi connectivity index (χ1v) is 5.36. The molecule has 2 rings (SSSR count). The van der Waals surface area contributed by atoms with Gasteiger partial charge in [0.1, 0.15) is 11.1 Å². The Morgan fingerprint density at radius 1 is 1.19 bits per heavy atom. The van der Waals surface area contributed by atoms with E-state index < -0.39 is 0 Å². The summed E-state index contributed by atoms with van der Waals surface area (Å²) >= 11 is 1.43. The molecule has 0 saturated heterocycles. The zero-order chi connectivity index (χ0) is 11.4. The van der Waals surface area contributed by atoms with Crippen LogP contribution in [0.25, 0.3) is 0 Å². The van der Waals surface area contributed by atoms with Crippen molar-refractivity contribution in [3.63, 3.8) is 0 Å². The van der Waals surface area contributed by atoms with Crippen molar-refractivity contribution < 1.29 is 0 Å². The summed E-state index contributed by atoms with van der Waals surface area (Å²) in [6.07, 6.45) is 3.01. The highest BCUT2D eigenvalue weighted by Crippen LogP contribution is 2.29. The third kappa shape index (κ3) is 2.30. The first-order valence-electron chi connectivity index (χ1n) is 4.54. The van der Waals surface area contributed by atoms with Crippen molar-refractivity contribution in [3.05, 3.63) is 42.4 Å². The normalized spacial score (nSPS) is 9.69. The lowest BCUT2D eigenvalue weighted by Gasteiger charge is -2.03. The fourth-order valence-corrected chi connectivity index (χ4v) is 1.88. The molecule has 16 heavy (non-hydrogen) atoms. The molecular formula is C11H8N4S. The molecule has 0 aliphatic rings. The van der Waals surface area contributed by atoms with E-state index in [0.29, 0.717) is 11.4 Å². The van der Waals surface area contributed by atoms with Gasteiger partial charge in [0, 0.05) is 10.6 Å². The fraction of sp³-hybridized carbons (Fsp3) is 0. The van der Waals surface area contributed by atoms with Crippen LogP contribution in [0.4, 0.5) is 5.69 Å². The van der Waals surface area contributed by atoms with Crippen LogP contribution in [0.3, 0.4) is 0 Å². The van der Waals surface area contributed by atoms with Gasteiger partial charge in [-0.2, -0.15) is 5.26 Å². The van der Waals surface area contributed by atoms with E-state index in [-0.39, 0.29) is 0 Å². The SMILES string of the molecule is N#Cc1cnc(Sc2ccccc2N)cn1. The molecule has 1 aromatic carbocycles. The average Bonchev–Trinajstić information content (AvgIpc) is 2.33. The second kappa shape index (κ2) is 4.64. The third-order valence-corrected chi connectivity index (χ3v) is 2.89. The second-order valence-electron chi connectivity index (χ2n) is 2.99. The summed E-state index contributed by atoms with van der Waals surface area (Å²) in [6.45, 7) is 0. The lowest BCUT2D eigenvalue weighted by Crippen LogP contribution is -1.90. The molecule has 0 fully saturated rings. The number of hydrogen-bond acceptors (Lipinski definition) is 5. The predicted octanol–water partition coefficient (Wildman–Crippen LogP) is 2.08. The Balaban J connectivity index is 2.22. The predicted molar refractivity (Wildman–Crippen MR) is 61.7 cm³/mol. The topological polar surface area (TPSA) is 75.6 Å². The highest BCUT2D eigenvalue weighted by molar-refractivity contribution is 7.99. The Morgan fingerprint density at radius 3 is 2.62 bits per heavy atom. The number of rotatable bonds is 2. The number of nitrogen functional groups attached to an aromatic ring is 1. The number of nitrogens with two attached hydrogens (primary N) is 1. The number of para-hydroxylation sites is 1. The van der Waals surface area contributed by atoms with Crippen molar-refractivity contribution in [2.75, 3.05) is 5.73 Å². The van der Waals surface area contributed by atoms with Crippen LogP contribution in [0.1, 0.15) is 5.69 Å². The number of nitrogens with zero attached hydrogens (tertiary/aromatic N) is 3. The molecule has 2 aromatic rings. The molecule has 0 unspecified atom stereocenters. The van der Waals surface area contributed by atoms with E-state index in [1.165, 1.54) is 18.0 Å². The van der Waals surface area contributed by atoms with E-state index in [9.17, 15) is 0 Å². The van der Waals surface area contributed by atoms with Gasteiger partial charge in [-0.3, -0.25) is 0 Å². The Labute approximate surface area is 97.1 Å². The van der Waals surface area contributed by atoms with E-state index in [1.807, 2.05) is 30.3 Å². The lowest BCUT2D eigenvalue weighted by molar-refractivity contribution is 1.04. The zero-order valence-corrected chi connectivity index (χ0v) is 9.11. The van der Waals surface area contributed by atoms with Crippen molar-refractivity contribution in [1.82, 2.24) is 9.97 Å². The molecule has 0 amide bonds. The van der Waals surface area contributed by atoms with Crippen LogP contribution in [-0.4, -0.2) is 9.97 Å². The molecule has 78 valence electrons. The molecule has 0 bridgehead atoms. The molecule has 0 aliphatic carbocycles. The fourth-order valence-electron chi connectivity index (χ4n) is 1.11. The van der Waals surface area contributed by atoms with Gasteiger partial charge in [0.05, 0.1) is 12.4 Å². The van der Waals surface area contributed by atoms with Crippen molar-refractivity contribution in [2.24, 2.45) is 0 Å². The van der Waals surface area contributed by atoms with E-state index in [2.05, 4.69) is 9.97 Å². The largest absolute Gasteiger partial charge is 0.398 e. The van der Waals surface area contributed by atoms with Crippen molar-refractivity contribution in [3.8, 4) is 6.07 Å². The van der Waals surface area contributed by atoms with Crippen LogP contribution < -0.4 is 5.73 Å². The van der Waals surface area contributed by atoms with Gasteiger partial charge in [-0.05, 0) is 12.1 Å². The van der Waals surface area contributed by atoms with E-state index in [1.54, 1.807) is 6.20 Å². The number of benzene rings is 1. The van der Waals surface area contributed by atoms with Gasteiger partial charge in [0.15, 0.2) is 5.69 Å². The molecule has 0 spiro atoms. The highest BCUT2D eigenvalue weighted by Gasteiger charge is 2.02. The average molecular weight is 228 g/mol. The molecule has 1 heterocycles. The second-order valence-corrected chi connectivity index (χ2v) is 4.05. The van der Waals surface area contributed by atoms with Gasteiger partial charge in [0.25, 0.3) is 0 Å². The molecule has 0 saturated carbocycles. The van der Waals surface area contributed by atoms with Crippen molar-refractivity contribution in [2.45, 2.75) is 9.92 Å². The number of nitriles is 1. The standard InChI is InChI=1S/C11H8N4S/c12-5-8-6-15-11(7-14-8)16-10-4-2-1-3-9(10)13/h1-4,6-7H,13H2. The quantitative estimate of drug-likeness (QED) is 0.796. The van der Waals surface area contributed by atoms with Crippen LogP contribution in [0.2, 0.25) is 0 Å². The Bertz CT molecular complexity index is 530. The molecule has 2 N–H and O–H groups in total. The lowest BCUT2D eigenvalue weighted by atomic mass is 10.3. The molecular weight excluding hydrogens is 220 g/mol. The number of hydrogen-bond donors (Lipinski definition) is 1. The summed E-state index contributed by atoms with van der Waals surface area (Å²) in [5.41, 5.74) is 6.82.